The minimum Gasteiger partial charge on any atom is -0.454 e. The van der Waals surface area contributed by atoms with Crippen LogP contribution in [0.25, 0.3) is 6.08 Å². The highest BCUT2D eigenvalue weighted by Crippen LogP contribution is 2.37. The fraction of sp³-hybridized carbons (Fsp3) is 0.111. The van der Waals surface area contributed by atoms with Crippen LogP contribution in [0.5, 0.6) is 11.5 Å². The van der Waals surface area contributed by atoms with Gasteiger partial charge in [0.2, 0.25) is 6.79 Å². The molecule has 1 fully saturated rings. The Balaban J connectivity index is 1.59. The van der Waals surface area contributed by atoms with E-state index in [2.05, 4.69) is 0 Å². The summed E-state index contributed by atoms with van der Waals surface area (Å²) in [5.41, 5.74) is 0.810. The molecule has 2 heterocycles. The van der Waals surface area contributed by atoms with Crippen LogP contribution in [-0.2, 0) is 11.3 Å². The molecule has 2 aliphatic rings. The van der Waals surface area contributed by atoms with E-state index in [1.165, 1.54) is 18.2 Å². The summed E-state index contributed by atoms with van der Waals surface area (Å²) < 4.78 is 24.5. The van der Waals surface area contributed by atoms with Crippen molar-refractivity contribution in [1.82, 2.24) is 4.90 Å². The molecule has 0 aromatic heterocycles. The molecule has 26 heavy (non-hydrogen) atoms. The number of benzene rings is 2. The summed E-state index contributed by atoms with van der Waals surface area (Å²) in [5, 5.41) is -0.301. The summed E-state index contributed by atoms with van der Waals surface area (Å²) in [6, 6.07) is 9.44. The third kappa shape index (κ3) is 3.04. The van der Waals surface area contributed by atoms with Crippen molar-refractivity contribution >= 4 is 40.6 Å². The number of carbonyl (C=O) groups excluding carboxylic acids is 2. The van der Waals surface area contributed by atoms with Gasteiger partial charge in [-0.15, -0.1) is 0 Å². The van der Waals surface area contributed by atoms with E-state index in [0.29, 0.717) is 17.1 Å². The molecule has 8 heteroatoms. The summed E-state index contributed by atoms with van der Waals surface area (Å²) in [6.07, 6.45) is 1.59. The zero-order chi connectivity index (χ0) is 18.3. The maximum absolute atomic E-state index is 13.9. The molecule has 2 amide bonds. The number of nitrogens with zero attached hydrogens (tertiary/aromatic N) is 1. The summed E-state index contributed by atoms with van der Waals surface area (Å²) >= 11 is 6.79. The first-order valence-corrected chi connectivity index (χ1v) is 8.80. The van der Waals surface area contributed by atoms with Gasteiger partial charge in [0.1, 0.15) is 5.82 Å². The smallest absolute Gasteiger partial charge is 0.293 e. The minimum absolute atomic E-state index is 0.112. The highest BCUT2D eigenvalue weighted by molar-refractivity contribution is 8.18. The van der Waals surface area contributed by atoms with Gasteiger partial charge in [-0.3, -0.25) is 14.5 Å². The van der Waals surface area contributed by atoms with Crippen molar-refractivity contribution < 1.29 is 23.5 Å². The molecule has 0 unspecified atom stereocenters. The van der Waals surface area contributed by atoms with Crippen LogP contribution in [0.15, 0.2) is 41.3 Å². The number of imide groups is 1. The SMILES string of the molecule is O=C1S/C(=C/c2ccc3c(c2)OCO3)C(=O)N1Cc1c(F)cccc1Cl. The standard InChI is InChI=1S/C18H11ClFNO4S/c19-12-2-1-3-13(20)11(12)8-21-17(22)16(26-18(21)23)7-10-4-5-14-15(6-10)25-9-24-14/h1-7H,8-9H2/b16-7+. The maximum Gasteiger partial charge on any atom is 0.293 e. The third-order valence-electron chi connectivity index (χ3n) is 3.95. The molecular weight excluding hydrogens is 381 g/mol. The van der Waals surface area contributed by atoms with E-state index in [-0.39, 0.29) is 28.8 Å². The fourth-order valence-electron chi connectivity index (χ4n) is 2.63. The van der Waals surface area contributed by atoms with Crippen LogP contribution in [0.2, 0.25) is 5.02 Å². The van der Waals surface area contributed by atoms with Crippen LogP contribution in [0, 0.1) is 5.82 Å². The summed E-state index contributed by atoms with van der Waals surface area (Å²) in [5.74, 6) is 0.161. The Labute approximate surface area is 157 Å². The van der Waals surface area contributed by atoms with Gasteiger partial charge in [0.05, 0.1) is 11.4 Å². The number of halogens is 2. The van der Waals surface area contributed by atoms with Crippen molar-refractivity contribution in [3.8, 4) is 11.5 Å². The van der Waals surface area contributed by atoms with Crippen LogP contribution in [0.1, 0.15) is 11.1 Å². The van der Waals surface area contributed by atoms with Crippen molar-refractivity contribution in [1.29, 1.82) is 0 Å². The topological polar surface area (TPSA) is 55.8 Å². The van der Waals surface area contributed by atoms with Crippen LogP contribution in [0.4, 0.5) is 9.18 Å². The van der Waals surface area contributed by atoms with Gasteiger partial charge in [0, 0.05) is 10.6 Å². The average Bonchev–Trinajstić information content (AvgIpc) is 3.17. The van der Waals surface area contributed by atoms with E-state index in [1.807, 2.05) is 0 Å². The monoisotopic (exact) mass is 391 g/mol. The molecule has 132 valence electrons. The Morgan fingerprint density at radius 2 is 2.00 bits per heavy atom. The lowest BCUT2D eigenvalue weighted by Crippen LogP contribution is -2.28. The van der Waals surface area contributed by atoms with E-state index < -0.39 is 17.0 Å². The van der Waals surface area contributed by atoms with Crippen LogP contribution in [0.3, 0.4) is 0 Å². The lowest BCUT2D eigenvalue weighted by atomic mass is 10.1. The van der Waals surface area contributed by atoms with Gasteiger partial charge in [-0.05, 0) is 47.7 Å². The Morgan fingerprint density at radius 3 is 2.81 bits per heavy atom. The largest absolute Gasteiger partial charge is 0.454 e. The first-order valence-electron chi connectivity index (χ1n) is 7.61. The van der Waals surface area contributed by atoms with Gasteiger partial charge in [0.25, 0.3) is 11.1 Å². The summed E-state index contributed by atoms with van der Waals surface area (Å²) in [4.78, 5) is 26.0. The average molecular weight is 392 g/mol. The predicted octanol–water partition coefficient (Wildman–Crippen LogP) is 4.44. The Morgan fingerprint density at radius 1 is 1.19 bits per heavy atom. The second-order valence-corrected chi connectivity index (χ2v) is 6.98. The number of amides is 2. The molecule has 5 nitrogen and oxygen atoms in total. The van der Waals surface area contributed by atoms with Gasteiger partial charge < -0.3 is 9.47 Å². The number of thioether (sulfide) groups is 1. The van der Waals surface area contributed by atoms with Crippen LogP contribution < -0.4 is 9.47 Å². The van der Waals surface area contributed by atoms with Crippen molar-refractivity contribution in [3.63, 3.8) is 0 Å². The van der Waals surface area contributed by atoms with E-state index in [9.17, 15) is 14.0 Å². The molecule has 4 rings (SSSR count). The fourth-order valence-corrected chi connectivity index (χ4v) is 3.69. The number of hydrogen-bond acceptors (Lipinski definition) is 5. The minimum atomic E-state index is -0.559. The zero-order valence-electron chi connectivity index (χ0n) is 13.2. The first kappa shape index (κ1) is 16.9. The molecule has 0 bridgehead atoms. The molecule has 0 saturated carbocycles. The Bertz CT molecular complexity index is 942. The van der Waals surface area contributed by atoms with Gasteiger partial charge in [-0.25, -0.2) is 4.39 Å². The van der Waals surface area contributed by atoms with E-state index in [0.717, 1.165) is 16.7 Å². The zero-order valence-corrected chi connectivity index (χ0v) is 14.8. The second kappa shape index (κ2) is 6.66. The molecule has 2 aromatic carbocycles. The lowest BCUT2D eigenvalue weighted by molar-refractivity contribution is -0.123. The molecule has 0 aliphatic carbocycles. The van der Waals surface area contributed by atoms with Crippen LogP contribution >= 0.6 is 23.4 Å². The molecule has 0 atom stereocenters. The number of rotatable bonds is 3. The Hall–Kier alpha value is -2.51. The molecular formula is C18H11ClFNO4S. The van der Waals surface area contributed by atoms with E-state index in [1.54, 1.807) is 24.3 Å². The number of ether oxygens (including phenoxy) is 2. The van der Waals surface area contributed by atoms with Gasteiger partial charge >= 0.3 is 0 Å². The molecule has 0 N–H and O–H groups in total. The molecule has 0 radical (unpaired) electrons. The highest BCUT2D eigenvalue weighted by Gasteiger charge is 2.36. The van der Waals surface area contributed by atoms with Gasteiger partial charge in [-0.2, -0.15) is 0 Å². The van der Waals surface area contributed by atoms with Crippen LogP contribution in [-0.4, -0.2) is 22.8 Å². The molecule has 2 aromatic rings. The van der Waals surface area contributed by atoms with Crippen molar-refractivity contribution in [2.75, 3.05) is 6.79 Å². The molecule has 0 spiro atoms. The quantitative estimate of drug-likeness (QED) is 0.724. The van der Waals surface area contributed by atoms with Gasteiger partial charge in [0.15, 0.2) is 11.5 Å². The van der Waals surface area contributed by atoms with Crippen molar-refractivity contribution in [2.24, 2.45) is 0 Å². The lowest BCUT2D eigenvalue weighted by Gasteiger charge is -2.14. The predicted molar refractivity (Wildman–Crippen MR) is 95.5 cm³/mol. The second-order valence-electron chi connectivity index (χ2n) is 5.58. The van der Waals surface area contributed by atoms with Gasteiger partial charge in [-0.1, -0.05) is 23.7 Å². The highest BCUT2D eigenvalue weighted by atomic mass is 35.5. The normalized spacial score (nSPS) is 17.5. The molecule has 1 saturated heterocycles. The summed E-state index contributed by atoms with van der Waals surface area (Å²) in [6.45, 7) is -0.0621. The summed E-state index contributed by atoms with van der Waals surface area (Å²) in [7, 11) is 0. The maximum atomic E-state index is 13.9. The van der Waals surface area contributed by atoms with Crippen molar-refractivity contribution in [2.45, 2.75) is 6.54 Å². The van der Waals surface area contributed by atoms with Crippen molar-refractivity contribution in [3.05, 3.63) is 63.3 Å². The number of carbonyl (C=O) groups is 2. The molecule has 2 aliphatic heterocycles. The van der Waals surface area contributed by atoms with E-state index >= 15 is 0 Å². The number of fused-ring (bicyclic) bond motifs is 1. The van der Waals surface area contributed by atoms with E-state index in [4.69, 9.17) is 21.1 Å². The Kier molecular flexibility index (Phi) is 4.34. The number of hydrogen-bond donors (Lipinski definition) is 0. The first-order chi connectivity index (χ1) is 12.5. The third-order valence-corrected chi connectivity index (χ3v) is 5.21.